The number of hydrogen-bond donors (Lipinski definition) is 0. The van der Waals surface area contributed by atoms with Gasteiger partial charge in [-0.05, 0) is 0 Å². The van der Waals surface area contributed by atoms with E-state index in [2.05, 4.69) is 0 Å². The summed E-state index contributed by atoms with van der Waals surface area (Å²) >= 11 is 0. The zero-order valence-corrected chi connectivity index (χ0v) is 5.52. The molecule has 2 unspecified atom stereocenters. The first-order valence-electron chi connectivity index (χ1n) is 2.89. The van der Waals surface area contributed by atoms with E-state index < -0.39 is 18.5 Å². The fourth-order valence-electron chi connectivity index (χ4n) is 0.482. The van der Waals surface area contributed by atoms with Crippen molar-refractivity contribution in [2.75, 3.05) is 0 Å². The van der Waals surface area contributed by atoms with Gasteiger partial charge in [0.15, 0.2) is 6.17 Å². The maximum atomic E-state index is 12.0. The second-order valence-electron chi connectivity index (χ2n) is 2.14. The molecule has 0 saturated carbocycles. The van der Waals surface area contributed by atoms with Crippen molar-refractivity contribution in [2.45, 2.75) is 25.9 Å². The van der Waals surface area contributed by atoms with Gasteiger partial charge in [-0.2, -0.15) is 5.26 Å². The van der Waals surface area contributed by atoms with E-state index in [1.54, 1.807) is 0 Å². The highest BCUT2D eigenvalue weighted by molar-refractivity contribution is 4.83. The molecule has 0 radical (unpaired) electrons. The Hall–Kier alpha value is -0.720. The highest BCUT2D eigenvalue weighted by Crippen LogP contribution is 2.16. The lowest BCUT2D eigenvalue weighted by Gasteiger charge is -2.07. The molecule has 0 aliphatic rings. The third-order valence-electron chi connectivity index (χ3n) is 1.15. The van der Waals surface area contributed by atoms with Gasteiger partial charge >= 0.3 is 0 Å². The van der Waals surface area contributed by atoms with Gasteiger partial charge in [0.2, 0.25) is 6.43 Å². The molecule has 0 aromatic rings. The van der Waals surface area contributed by atoms with E-state index in [1.807, 2.05) is 0 Å². The number of nitriles is 1. The summed E-state index contributed by atoms with van der Waals surface area (Å²) in [6.45, 7) is 1.22. The second kappa shape index (κ2) is 4.15. The van der Waals surface area contributed by atoms with Crippen molar-refractivity contribution in [3.05, 3.63) is 0 Å². The Balaban J connectivity index is 3.59. The highest BCUT2D eigenvalue weighted by atomic mass is 19.3. The standard InChI is InChI=1S/C6H8F3N/c1-4(6(8)9)2-5(7)3-10/h4-6H,2H2,1H3. The second-order valence-corrected chi connectivity index (χ2v) is 2.14. The molecule has 0 bridgehead atoms. The van der Waals surface area contributed by atoms with Crippen molar-refractivity contribution < 1.29 is 13.2 Å². The Morgan fingerprint density at radius 2 is 1.90 bits per heavy atom. The molecule has 4 heteroatoms. The van der Waals surface area contributed by atoms with Gasteiger partial charge in [-0.1, -0.05) is 6.92 Å². The molecule has 0 rings (SSSR count). The van der Waals surface area contributed by atoms with Crippen molar-refractivity contribution in [3.8, 4) is 6.07 Å². The molecular weight excluding hydrogens is 143 g/mol. The van der Waals surface area contributed by atoms with E-state index in [9.17, 15) is 13.2 Å². The molecule has 0 N–H and O–H groups in total. The summed E-state index contributed by atoms with van der Waals surface area (Å²) in [5, 5.41) is 7.90. The van der Waals surface area contributed by atoms with Crippen LogP contribution in [-0.2, 0) is 0 Å². The number of rotatable bonds is 3. The molecule has 0 spiro atoms. The minimum Gasteiger partial charge on any atom is -0.231 e. The van der Waals surface area contributed by atoms with Gasteiger partial charge in [0.05, 0.1) is 6.07 Å². The van der Waals surface area contributed by atoms with Crippen molar-refractivity contribution in [1.29, 1.82) is 5.26 Å². The zero-order valence-electron chi connectivity index (χ0n) is 5.52. The molecule has 1 nitrogen and oxygen atoms in total. The lowest BCUT2D eigenvalue weighted by molar-refractivity contribution is 0.0726. The Bertz CT molecular complexity index is 129. The Morgan fingerprint density at radius 1 is 1.40 bits per heavy atom. The van der Waals surface area contributed by atoms with Crippen molar-refractivity contribution in [2.24, 2.45) is 5.92 Å². The molecule has 0 heterocycles. The topological polar surface area (TPSA) is 23.8 Å². The minimum absolute atomic E-state index is 0.381. The predicted octanol–water partition coefficient (Wildman–Crippen LogP) is 2.14. The molecule has 0 aromatic heterocycles. The molecule has 2 atom stereocenters. The van der Waals surface area contributed by atoms with Crippen LogP contribution in [0.5, 0.6) is 0 Å². The minimum atomic E-state index is -2.54. The summed E-state index contributed by atoms with van der Waals surface area (Å²) < 4.78 is 35.3. The van der Waals surface area contributed by atoms with Gasteiger partial charge in [-0.15, -0.1) is 0 Å². The van der Waals surface area contributed by atoms with E-state index in [-0.39, 0.29) is 6.42 Å². The summed E-state index contributed by atoms with van der Waals surface area (Å²) in [5.74, 6) is -1.03. The van der Waals surface area contributed by atoms with Crippen LogP contribution in [0, 0.1) is 17.2 Å². The Labute approximate surface area is 57.5 Å². The van der Waals surface area contributed by atoms with Gasteiger partial charge in [0.1, 0.15) is 0 Å². The summed E-state index contributed by atoms with van der Waals surface area (Å²) in [6.07, 6.45) is -4.68. The van der Waals surface area contributed by atoms with Gasteiger partial charge < -0.3 is 0 Å². The molecule has 0 aromatic carbocycles. The molecule has 10 heavy (non-hydrogen) atoms. The van der Waals surface area contributed by atoms with E-state index in [1.165, 1.54) is 13.0 Å². The normalized spacial score (nSPS) is 16.4. The summed E-state index contributed by atoms with van der Waals surface area (Å²) in [4.78, 5) is 0. The molecule has 0 amide bonds. The lowest BCUT2D eigenvalue weighted by atomic mass is 10.1. The Morgan fingerprint density at radius 3 is 2.20 bits per heavy atom. The van der Waals surface area contributed by atoms with Gasteiger partial charge in [0, 0.05) is 12.3 Å². The first kappa shape index (κ1) is 9.28. The Kier molecular flexibility index (Phi) is 3.85. The lowest BCUT2D eigenvalue weighted by Crippen LogP contribution is -2.12. The maximum Gasteiger partial charge on any atom is 0.241 e. The van der Waals surface area contributed by atoms with Crippen LogP contribution >= 0.6 is 0 Å². The quantitative estimate of drug-likeness (QED) is 0.606. The van der Waals surface area contributed by atoms with Crippen LogP contribution in [0.2, 0.25) is 0 Å². The largest absolute Gasteiger partial charge is 0.241 e. The predicted molar refractivity (Wildman–Crippen MR) is 30.3 cm³/mol. The fraction of sp³-hybridized carbons (Fsp3) is 0.833. The van der Waals surface area contributed by atoms with Gasteiger partial charge in [-0.25, -0.2) is 13.2 Å². The van der Waals surface area contributed by atoms with E-state index in [0.717, 1.165) is 0 Å². The van der Waals surface area contributed by atoms with Gasteiger partial charge in [-0.3, -0.25) is 0 Å². The summed E-state index contributed by atoms with van der Waals surface area (Å²) in [7, 11) is 0. The molecule has 0 saturated heterocycles. The number of hydrogen-bond acceptors (Lipinski definition) is 1. The number of alkyl halides is 3. The third kappa shape index (κ3) is 3.33. The van der Waals surface area contributed by atoms with E-state index >= 15 is 0 Å². The first-order chi connectivity index (χ1) is 4.57. The fourth-order valence-corrected chi connectivity index (χ4v) is 0.482. The van der Waals surface area contributed by atoms with Crippen molar-refractivity contribution in [3.63, 3.8) is 0 Å². The molecule has 0 fully saturated rings. The SMILES string of the molecule is CC(CC(F)C#N)C(F)F. The van der Waals surface area contributed by atoms with E-state index in [4.69, 9.17) is 5.26 Å². The summed E-state index contributed by atoms with van der Waals surface area (Å²) in [6, 6.07) is 1.25. The van der Waals surface area contributed by atoms with Crippen LogP contribution in [0.1, 0.15) is 13.3 Å². The van der Waals surface area contributed by atoms with Crippen LogP contribution < -0.4 is 0 Å². The van der Waals surface area contributed by atoms with Gasteiger partial charge in [0.25, 0.3) is 0 Å². The first-order valence-corrected chi connectivity index (χ1v) is 2.89. The van der Waals surface area contributed by atoms with Crippen LogP contribution in [0.25, 0.3) is 0 Å². The monoisotopic (exact) mass is 151 g/mol. The number of halogens is 3. The molecule has 0 aliphatic heterocycles. The van der Waals surface area contributed by atoms with Crippen LogP contribution in [-0.4, -0.2) is 12.6 Å². The van der Waals surface area contributed by atoms with Crippen LogP contribution in [0.15, 0.2) is 0 Å². The van der Waals surface area contributed by atoms with E-state index in [0.29, 0.717) is 0 Å². The highest BCUT2D eigenvalue weighted by Gasteiger charge is 2.19. The van der Waals surface area contributed by atoms with Crippen molar-refractivity contribution >= 4 is 0 Å². The number of nitrogens with zero attached hydrogens (tertiary/aromatic N) is 1. The van der Waals surface area contributed by atoms with Crippen molar-refractivity contribution in [1.82, 2.24) is 0 Å². The zero-order chi connectivity index (χ0) is 8.15. The smallest absolute Gasteiger partial charge is 0.231 e. The van der Waals surface area contributed by atoms with Crippen LogP contribution in [0.4, 0.5) is 13.2 Å². The molecule has 0 aliphatic carbocycles. The summed E-state index contributed by atoms with van der Waals surface area (Å²) in [5.41, 5.74) is 0. The average Bonchev–Trinajstić information content (AvgIpc) is 1.87. The maximum absolute atomic E-state index is 12.0. The molecular formula is C6H8F3N. The average molecular weight is 151 g/mol. The third-order valence-corrected chi connectivity index (χ3v) is 1.15. The van der Waals surface area contributed by atoms with Crippen LogP contribution in [0.3, 0.4) is 0 Å². The molecule has 58 valence electrons.